The lowest BCUT2D eigenvalue weighted by Gasteiger charge is -2.10. The van der Waals surface area contributed by atoms with Gasteiger partial charge in [0.25, 0.3) is 5.56 Å². The van der Waals surface area contributed by atoms with Crippen LogP contribution in [0, 0.1) is 0 Å². The van der Waals surface area contributed by atoms with Gasteiger partial charge in [0.2, 0.25) is 11.8 Å². The van der Waals surface area contributed by atoms with Gasteiger partial charge in [-0.15, -0.1) is 16.8 Å². The lowest BCUT2D eigenvalue weighted by Crippen LogP contribution is -2.22. The predicted octanol–water partition coefficient (Wildman–Crippen LogP) is 4.58. The largest absolute Gasteiger partial charge is 0.420 e. The van der Waals surface area contributed by atoms with Crippen molar-refractivity contribution in [3.63, 3.8) is 0 Å². The Balaban J connectivity index is 1.64. The Morgan fingerprint density at radius 1 is 1.18 bits per heavy atom. The molecule has 0 unspecified atom stereocenters. The summed E-state index contributed by atoms with van der Waals surface area (Å²) in [6.07, 6.45) is 1.66. The molecule has 6 nitrogen and oxygen atoms in total. The summed E-state index contributed by atoms with van der Waals surface area (Å²) in [4.78, 5) is 17.4. The van der Waals surface area contributed by atoms with Crippen LogP contribution in [0.15, 0.2) is 75.6 Å². The fourth-order valence-electron chi connectivity index (χ4n) is 2.71. The molecule has 0 amide bonds. The second-order valence-electron chi connectivity index (χ2n) is 5.92. The molecule has 0 spiro atoms. The van der Waals surface area contributed by atoms with Gasteiger partial charge in [0.05, 0.1) is 16.7 Å². The first-order valence-corrected chi connectivity index (χ1v) is 9.83. The number of hydrogen-bond acceptors (Lipinski definition) is 6. The molecule has 0 aliphatic heterocycles. The second-order valence-corrected chi connectivity index (χ2v) is 7.29. The highest BCUT2D eigenvalue weighted by Gasteiger charge is 2.14. The van der Waals surface area contributed by atoms with Crippen molar-refractivity contribution in [1.29, 1.82) is 0 Å². The van der Waals surface area contributed by atoms with Gasteiger partial charge >= 0.3 is 0 Å². The normalized spacial score (nSPS) is 11.0. The lowest BCUT2D eigenvalue weighted by atomic mass is 10.2. The van der Waals surface area contributed by atoms with E-state index in [9.17, 15) is 4.79 Å². The van der Waals surface area contributed by atoms with Gasteiger partial charge in [0.1, 0.15) is 0 Å². The molecule has 4 aromatic rings. The summed E-state index contributed by atoms with van der Waals surface area (Å²) in [6.45, 7) is 4.08. The number of benzene rings is 2. The molecule has 2 heterocycles. The van der Waals surface area contributed by atoms with Crippen molar-refractivity contribution in [2.75, 3.05) is 0 Å². The number of nitrogens with zero attached hydrogens (tertiary/aromatic N) is 4. The van der Waals surface area contributed by atoms with Crippen LogP contribution in [0.2, 0.25) is 5.02 Å². The number of halogens is 1. The van der Waals surface area contributed by atoms with E-state index < -0.39 is 0 Å². The monoisotopic (exact) mass is 410 g/mol. The van der Waals surface area contributed by atoms with E-state index in [4.69, 9.17) is 16.0 Å². The Bertz CT molecular complexity index is 1200. The molecule has 0 saturated carbocycles. The summed E-state index contributed by atoms with van der Waals surface area (Å²) < 4.78 is 7.30. The van der Waals surface area contributed by atoms with E-state index in [-0.39, 0.29) is 5.56 Å². The molecule has 0 aliphatic rings. The van der Waals surface area contributed by atoms with Crippen LogP contribution < -0.4 is 5.56 Å². The SMILES string of the molecule is C=CCn1c(SCc2nnc(-c3ccccc3)o2)nc2cc(Cl)ccc2c1=O. The van der Waals surface area contributed by atoms with E-state index in [0.29, 0.717) is 45.2 Å². The third kappa shape index (κ3) is 3.72. The topological polar surface area (TPSA) is 73.8 Å². The number of fused-ring (bicyclic) bond motifs is 1. The molecular formula is C20H15ClN4O2S. The highest BCUT2D eigenvalue weighted by atomic mass is 35.5. The van der Waals surface area contributed by atoms with Gasteiger partial charge in [0.15, 0.2) is 5.16 Å². The minimum absolute atomic E-state index is 0.139. The maximum Gasteiger partial charge on any atom is 0.262 e. The molecule has 0 radical (unpaired) electrons. The van der Waals surface area contributed by atoms with E-state index in [1.807, 2.05) is 30.3 Å². The summed E-state index contributed by atoms with van der Waals surface area (Å²) in [5.74, 6) is 1.29. The van der Waals surface area contributed by atoms with E-state index in [1.54, 1.807) is 28.8 Å². The minimum atomic E-state index is -0.139. The van der Waals surface area contributed by atoms with Crippen molar-refractivity contribution in [2.45, 2.75) is 17.5 Å². The third-order valence-corrected chi connectivity index (χ3v) is 5.20. The van der Waals surface area contributed by atoms with Crippen LogP contribution in [0.3, 0.4) is 0 Å². The molecule has 8 heteroatoms. The summed E-state index contributed by atoms with van der Waals surface area (Å²) in [5, 5.41) is 9.76. The van der Waals surface area contributed by atoms with Crippen molar-refractivity contribution >= 4 is 34.3 Å². The third-order valence-electron chi connectivity index (χ3n) is 4.01. The fraction of sp³-hybridized carbons (Fsp3) is 0.100. The van der Waals surface area contributed by atoms with Crippen molar-refractivity contribution in [2.24, 2.45) is 0 Å². The maximum atomic E-state index is 12.8. The molecular weight excluding hydrogens is 396 g/mol. The van der Waals surface area contributed by atoms with Gasteiger partial charge in [-0.25, -0.2) is 4.98 Å². The van der Waals surface area contributed by atoms with Crippen LogP contribution in [0.1, 0.15) is 5.89 Å². The van der Waals surface area contributed by atoms with Crippen LogP contribution >= 0.6 is 23.4 Å². The summed E-state index contributed by atoms with van der Waals surface area (Å²) in [7, 11) is 0. The molecule has 2 aromatic heterocycles. The quantitative estimate of drug-likeness (QED) is 0.263. The second kappa shape index (κ2) is 8.00. The van der Waals surface area contributed by atoms with Crippen LogP contribution in [0.5, 0.6) is 0 Å². The summed E-state index contributed by atoms with van der Waals surface area (Å²) in [6, 6.07) is 14.6. The smallest absolute Gasteiger partial charge is 0.262 e. The van der Waals surface area contributed by atoms with Crippen molar-refractivity contribution < 1.29 is 4.42 Å². The van der Waals surface area contributed by atoms with E-state index in [2.05, 4.69) is 21.8 Å². The zero-order valence-corrected chi connectivity index (χ0v) is 16.3. The number of thioether (sulfide) groups is 1. The summed E-state index contributed by atoms with van der Waals surface area (Å²) >= 11 is 7.40. The van der Waals surface area contributed by atoms with Crippen LogP contribution in [0.4, 0.5) is 0 Å². The molecule has 0 N–H and O–H groups in total. The fourth-order valence-corrected chi connectivity index (χ4v) is 3.72. The number of rotatable bonds is 6. The zero-order chi connectivity index (χ0) is 19.5. The molecule has 28 heavy (non-hydrogen) atoms. The lowest BCUT2D eigenvalue weighted by molar-refractivity contribution is 0.528. The van der Waals surface area contributed by atoms with E-state index >= 15 is 0 Å². The first kappa shape index (κ1) is 18.5. The molecule has 4 rings (SSSR count). The maximum absolute atomic E-state index is 12.8. The molecule has 0 fully saturated rings. The van der Waals surface area contributed by atoms with Gasteiger partial charge < -0.3 is 4.42 Å². The Kier molecular flexibility index (Phi) is 5.27. The molecule has 140 valence electrons. The van der Waals surface area contributed by atoms with Crippen molar-refractivity contribution in [1.82, 2.24) is 19.7 Å². The molecule has 2 aromatic carbocycles. The number of aromatic nitrogens is 4. The predicted molar refractivity (Wildman–Crippen MR) is 111 cm³/mol. The minimum Gasteiger partial charge on any atom is -0.420 e. The molecule has 0 aliphatic carbocycles. The van der Waals surface area contributed by atoms with E-state index in [1.165, 1.54) is 11.8 Å². The molecule has 0 saturated heterocycles. The Labute approximate surface area is 169 Å². The van der Waals surface area contributed by atoms with Gasteiger partial charge in [0, 0.05) is 17.1 Å². The average molecular weight is 411 g/mol. The first-order chi connectivity index (χ1) is 13.7. The van der Waals surface area contributed by atoms with Gasteiger partial charge in [-0.3, -0.25) is 9.36 Å². The van der Waals surface area contributed by atoms with Gasteiger partial charge in [-0.05, 0) is 30.3 Å². The Hall–Kier alpha value is -2.90. The molecule has 0 bridgehead atoms. The standard InChI is InChI=1S/C20H15ClN4O2S/c1-2-10-25-19(26)15-9-8-14(21)11-16(15)22-20(25)28-12-17-23-24-18(27-17)13-6-4-3-5-7-13/h2-9,11H,1,10,12H2. The van der Waals surface area contributed by atoms with Gasteiger partial charge in [-0.2, -0.15) is 0 Å². The van der Waals surface area contributed by atoms with E-state index in [0.717, 1.165) is 5.56 Å². The van der Waals surface area contributed by atoms with Crippen LogP contribution in [0.25, 0.3) is 22.4 Å². The Morgan fingerprint density at radius 2 is 2.00 bits per heavy atom. The highest BCUT2D eigenvalue weighted by Crippen LogP contribution is 2.25. The van der Waals surface area contributed by atoms with Crippen molar-refractivity contribution in [3.05, 3.63) is 82.5 Å². The van der Waals surface area contributed by atoms with Crippen LogP contribution in [-0.2, 0) is 12.3 Å². The van der Waals surface area contributed by atoms with Gasteiger partial charge in [-0.1, -0.05) is 47.6 Å². The Morgan fingerprint density at radius 3 is 2.79 bits per heavy atom. The number of hydrogen-bond donors (Lipinski definition) is 0. The zero-order valence-electron chi connectivity index (χ0n) is 14.7. The molecule has 0 atom stereocenters. The number of allylic oxidation sites excluding steroid dienone is 1. The first-order valence-electron chi connectivity index (χ1n) is 8.47. The highest BCUT2D eigenvalue weighted by molar-refractivity contribution is 7.98. The van der Waals surface area contributed by atoms with Crippen LogP contribution in [-0.4, -0.2) is 19.7 Å². The average Bonchev–Trinajstić information content (AvgIpc) is 3.18. The summed E-state index contributed by atoms with van der Waals surface area (Å²) in [5.41, 5.74) is 1.27. The van der Waals surface area contributed by atoms with Crippen molar-refractivity contribution in [3.8, 4) is 11.5 Å².